The predicted molar refractivity (Wildman–Crippen MR) is 75.3 cm³/mol. The van der Waals surface area contributed by atoms with Gasteiger partial charge in [0, 0.05) is 0 Å². The van der Waals surface area contributed by atoms with Gasteiger partial charge in [0.2, 0.25) is 0 Å². The summed E-state index contributed by atoms with van der Waals surface area (Å²) in [6.07, 6.45) is 1.13. The largest absolute Gasteiger partial charge is 0.320 e. The third kappa shape index (κ3) is 3.18. The van der Waals surface area contributed by atoms with Crippen molar-refractivity contribution in [2.75, 3.05) is 0 Å². The highest BCUT2D eigenvalue weighted by Crippen LogP contribution is 2.22. The van der Waals surface area contributed by atoms with Crippen LogP contribution in [0.15, 0.2) is 41.1 Å². The average Bonchev–Trinajstić information content (AvgIpc) is 2.82. The molecule has 2 N–H and O–H groups in total. The van der Waals surface area contributed by atoms with E-state index in [-0.39, 0.29) is 6.04 Å². The molecule has 0 radical (unpaired) electrons. The lowest BCUT2D eigenvalue weighted by Crippen LogP contribution is -2.10. The molecule has 1 aromatic carbocycles. The summed E-state index contributed by atoms with van der Waals surface area (Å²) in [5, 5.41) is 4.19. The molecule has 0 aliphatic rings. The van der Waals surface area contributed by atoms with Gasteiger partial charge in [0.05, 0.1) is 6.04 Å². The molecule has 1 nitrogen and oxygen atoms in total. The van der Waals surface area contributed by atoms with Gasteiger partial charge in [0.1, 0.15) is 0 Å². The Kier molecular flexibility index (Phi) is 3.97. The van der Waals surface area contributed by atoms with Gasteiger partial charge in [-0.3, -0.25) is 0 Å². The Labute approximate surface area is 107 Å². The molecule has 2 rings (SSSR count). The predicted octanol–water partition coefficient (Wildman–Crippen LogP) is 3.99. The SMILES string of the molecule is CC(C)Cc1ccc(C(N)c2ccsc2)cc1. The molecule has 1 heterocycles. The number of benzene rings is 1. The Balaban J connectivity index is 2.12. The van der Waals surface area contributed by atoms with Crippen molar-refractivity contribution in [3.05, 3.63) is 57.8 Å². The van der Waals surface area contributed by atoms with Crippen molar-refractivity contribution < 1.29 is 0 Å². The second-order valence-electron chi connectivity index (χ2n) is 4.87. The highest BCUT2D eigenvalue weighted by Gasteiger charge is 2.09. The molecule has 0 fully saturated rings. The average molecular weight is 245 g/mol. The molecule has 2 aromatic rings. The zero-order chi connectivity index (χ0) is 12.3. The first-order valence-corrected chi connectivity index (χ1v) is 6.97. The Morgan fingerprint density at radius 3 is 2.29 bits per heavy atom. The van der Waals surface area contributed by atoms with Crippen molar-refractivity contribution in [1.82, 2.24) is 0 Å². The monoisotopic (exact) mass is 245 g/mol. The van der Waals surface area contributed by atoms with Crippen LogP contribution in [-0.4, -0.2) is 0 Å². The van der Waals surface area contributed by atoms with Crippen LogP contribution >= 0.6 is 11.3 Å². The van der Waals surface area contributed by atoms with E-state index in [0.717, 1.165) is 6.42 Å². The number of thiophene rings is 1. The van der Waals surface area contributed by atoms with Crippen molar-refractivity contribution in [1.29, 1.82) is 0 Å². The fourth-order valence-corrected chi connectivity index (χ4v) is 2.67. The van der Waals surface area contributed by atoms with Crippen LogP contribution in [0, 0.1) is 5.92 Å². The molecule has 90 valence electrons. The Hall–Kier alpha value is -1.12. The van der Waals surface area contributed by atoms with Crippen LogP contribution in [0.25, 0.3) is 0 Å². The third-order valence-corrected chi connectivity index (χ3v) is 3.59. The molecule has 1 aromatic heterocycles. The summed E-state index contributed by atoms with van der Waals surface area (Å²) in [5.41, 5.74) is 10.0. The summed E-state index contributed by atoms with van der Waals surface area (Å²) in [5.74, 6) is 0.700. The normalized spacial score (nSPS) is 12.9. The highest BCUT2D eigenvalue weighted by atomic mass is 32.1. The number of nitrogens with two attached hydrogens (primary N) is 1. The molecule has 0 saturated carbocycles. The first kappa shape index (κ1) is 12.3. The fourth-order valence-electron chi connectivity index (χ4n) is 1.98. The van der Waals surface area contributed by atoms with E-state index in [1.165, 1.54) is 16.7 Å². The minimum Gasteiger partial charge on any atom is -0.320 e. The Morgan fingerprint density at radius 1 is 1.06 bits per heavy atom. The molecule has 0 saturated heterocycles. The molecule has 2 heteroatoms. The maximum atomic E-state index is 6.22. The molecule has 17 heavy (non-hydrogen) atoms. The van der Waals surface area contributed by atoms with Gasteiger partial charge < -0.3 is 5.73 Å². The van der Waals surface area contributed by atoms with E-state index >= 15 is 0 Å². The van der Waals surface area contributed by atoms with Crippen LogP contribution < -0.4 is 5.73 Å². The number of rotatable bonds is 4. The fraction of sp³-hybridized carbons (Fsp3) is 0.333. The lowest BCUT2D eigenvalue weighted by molar-refractivity contribution is 0.647. The smallest absolute Gasteiger partial charge is 0.0559 e. The van der Waals surface area contributed by atoms with Crippen LogP contribution in [-0.2, 0) is 6.42 Å². The first-order chi connectivity index (χ1) is 8.16. The minimum atomic E-state index is 0.00866. The molecule has 1 atom stereocenters. The number of hydrogen-bond acceptors (Lipinski definition) is 2. The zero-order valence-electron chi connectivity index (χ0n) is 10.4. The van der Waals surface area contributed by atoms with Crippen LogP contribution in [0.3, 0.4) is 0 Å². The second kappa shape index (κ2) is 5.48. The van der Waals surface area contributed by atoms with Gasteiger partial charge in [0.25, 0.3) is 0 Å². The molecule has 0 amide bonds. The van der Waals surface area contributed by atoms with E-state index in [1.54, 1.807) is 11.3 Å². The molecule has 0 aliphatic heterocycles. The summed E-state index contributed by atoms with van der Waals surface area (Å²) >= 11 is 1.69. The van der Waals surface area contributed by atoms with E-state index in [2.05, 4.69) is 54.9 Å². The summed E-state index contributed by atoms with van der Waals surface area (Å²) in [6, 6.07) is 10.8. The van der Waals surface area contributed by atoms with Gasteiger partial charge in [-0.05, 0) is 45.9 Å². The molecule has 1 unspecified atom stereocenters. The van der Waals surface area contributed by atoms with E-state index in [4.69, 9.17) is 5.73 Å². The van der Waals surface area contributed by atoms with E-state index < -0.39 is 0 Å². The van der Waals surface area contributed by atoms with Crippen LogP contribution in [0.5, 0.6) is 0 Å². The molecular formula is C15H19NS. The van der Waals surface area contributed by atoms with Gasteiger partial charge in [-0.25, -0.2) is 0 Å². The van der Waals surface area contributed by atoms with E-state index in [9.17, 15) is 0 Å². The lowest BCUT2D eigenvalue weighted by Gasteiger charge is -2.12. The number of hydrogen-bond donors (Lipinski definition) is 1. The topological polar surface area (TPSA) is 26.0 Å². The molecule has 0 aliphatic carbocycles. The van der Waals surface area contributed by atoms with Crippen molar-refractivity contribution in [2.24, 2.45) is 11.7 Å². The van der Waals surface area contributed by atoms with Crippen molar-refractivity contribution in [3.63, 3.8) is 0 Å². The van der Waals surface area contributed by atoms with Gasteiger partial charge in [0.15, 0.2) is 0 Å². The van der Waals surface area contributed by atoms with E-state index in [1.807, 2.05) is 0 Å². The Morgan fingerprint density at radius 2 is 1.76 bits per heavy atom. The van der Waals surface area contributed by atoms with E-state index in [0.29, 0.717) is 5.92 Å². The van der Waals surface area contributed by atoms with Gasteiger partial charge in [-0.2, -0.15) is 11.3 Å². The molecular weight excluding hydrogens is 226 g/mol. The van der Waals surface area contributed by atoms with Crippen LogP contribution in [0.2, 0.25) is 0 Å². The highest BCUT2D eigenvalue weighted by molar-refractivity contribution is 7.08. The van der Waals surface area contributed by atoms with Crippen LogP contribution in [0.4, 0.5) is 0 Å². The summed E-state index contributed by atoms with van der Waals surface area (Å²) in [6.45, 7) is 4.48. The standard InChI is InChI=1S/C15H19NS/c1-11(2)9-12-3-5-13(6-4-12)15(16)14-7-8-17-10-14/h3-8,10-11,15H,9,16H2,1-2H3. The van der Waals surface area contributed by atoms with Gasteiger partial charge in [-0.15, -0.1) is 0 Å². The maximum Gasteiger partial charge on any atom is 0.0559 e. The first-order valence-electron chi connectivity index (χ1n) is 6.03. The quantitative estimate of drug-likeness (QED) is 0.866. The van der Waals surface area contributed by atoms with Gasteiger partial charge >= 0.3 is 0 Å². The summed E-state index contributed by atoms with van der Waals surface area (Å²) in [4.78, 5) is 0. The maximum absolute atomic E-state index is 6.22. The summed E-state index contributed by atoms with van der Waals surface area (Å²) in [7, 11) is 0. The zero-order valence-corrected chi connectivity index (χ0v) is 11.2. The van der Waals surface area contributed by atoms with Crippen molar-refractivity contribution in [2.45, 2.75) is 26.3 Å². The van der Waals surface area contributed by atoms with Crippen LogP contribution in [0.1, 0.15) is 36.6 Å². The summed E-state index contributed by atoms with van der Waals surface area (Å²) < 4.78 is 0. The van der Waals surface area contributed by atoms with Crippen molar-refractivity contribution >= 4 is 11.3 Å². The lowest BCUT2D eigenvalue weighted by atomic mass is 9.98. The molecule has 0 bridgehead atoms. The minimum absolute atomic E-state index is 0.00866. The van der Waals surface area contributed by atoms with Crippen molar-refractivity contribution in [3.8, 4) is 0 Å². The third-order valence-electron chi connectivity index (χ3n) is 2.89. The molecule has 0 spiro atoms. The second-order valence-corrected chi connectivity index (χ2v) is 5.65. The van der Waals surface area contributed by atoms with Gasteiger partial charge in [-0.1, -0.05) is 38.1 Å². The Bertz CT molecular complexity index is 442.